The lowest BCUT2D eigenvalue weighted by Gasteiger charge is -2.39. The summed E-state index contributed by atoms with van der Waals surface area (Å²) in [4.78, 5) is 28.1. The number of carbonyl (C=O) groups excluding carboxylic acids is 2. The van der Waals surface area contributed by atoms with Crippen molar-refractivity contribution in [2.24, 2.45) is 5.92 Å². The van der Waals surface area contributed by atoms with Gasteiger partial charge in [0.15, 0.2) is 0 Å². The van der Waals surface area contributed by atoms with Gasteiger partial charge in [0.25, 0.3) is 5.91 Å². The highest BCUT2D eigenvalue weighted by atomic mass is 35.5. The Morgan fingerprint density at radius 3 is 2.60 bits per heavy atom. The quantitative estimate of drug-likeness (QED) is 0.345. The molecule has 3 aliphatic heterocycles. The first-order valence-electron chi connectivity index (χ1n) is 13.8. The van der Waals surface area contributed by atoms with E-state index >= 15 is 0 Å². The van der Waals surface area contributed by atoms with Gasteiger partial charge in [0.05, 0.1) is 5.56 Å². The number of halogens is 4. The lowest BCUT2D eigenvalue weighted by molar-refractivity contribution is -0.189. The van der Waals surface area contributed by atoms with Gasteiger partial charge in [0.2, 0.25) is 0 Å². The molecular formula is C29H32ClF3N2O7. The van der Waals surface area contributed by atoms with Crippen molar-refractivity contribution < 1.29 is 47.2 Å². The van der Waals surface area contributed by atoms with Crippen LogP contribution < -0.4 is 14.2 Å². The number of rotatable bonds is 8. The second kappa shape index (κ2) is 12.3. The predicted molar refractivity (Wildman–Crippen MR) is 145 cm³/mol. The number of likely N-dealkylation sites (tertiary alicyclic amines) is 2. The van der Waals surface area contributed by atoms with E-state index in [9.17, 15) is 33.0 Å². The van der Waals surface area contributed by atoms with Crippen molar-refractivity contribution >= 4 is 23.5 Å². The van der Waals surface area contributed by atoms with Crippen LogP contribution in [-0.2, 0) is 11.2 Å². The molecule has 3 heterocycles. The fraction of sp³-hybridized carbons (Fsp3) is 0.517. The first-order valence-corrected chi connectivity index (χ1v) is 14.2. The second-order valence-corrected chi connectivity index (χ2v) is 11.5. The van der Waals surface area contributed by atoms with Crippen LogP contribution in [0.1, 0.15) is 35.2 Å². The van der Waals surface area contributed by atoms with E-state index in [0.29, 0.717) is 37.6 Å². The number of esters is 1. The van der Waals surface area contributed by atoms with Gasteiger partial charge >= 0.3 is 12.1 Å². The summed E-state index contributed by atoms with van der Waals surface area (Å²) in [7, 11) is 0. The molecule has 0 bridgehead atoms. The molecule has 2 N–H and O–H groups in total. The Balaban J connectivity index is 1.20. The Labute approximate surface area is 245 Å². The Kier molecular flexibility index (Phi) is 8.89. The van der Waals surface area contributed by atoms with Crippen LogP contribution in [0.3, 0.4) is 0 Å². The average Bonchev–Trinajstić information content (AvgIpc) is 3.57. The summed E-state index contributed by atoms with van der Waals surface area (Å²) in [6, 6.07) is 8.96. The van der Waals surface area contributed by atoms with Gasteiger partial charge in [-0.1, -0.05) is 11.6 Å². The highest BCUT2D eigenvalue weighted by molar-refractivity contribution is 6.30. The topological polar surface area (TPSA) is 109 Å². The summed E-state index contributed by atoms with van der Waals surface area (Å²) in [6.07, 6.45) is -3.29. The molecule has 2 atom stereocenters. The minimum atomic E-state index is -5.20. The summed E-state index contributed by atoms with van der Waals surface area (Å²) < 4.78 is 54.7. The largest absolute Gasteiger partial charge is 0.491 e. The van der Waals surface area contributed by atoms with Crippen LogP contribution in [0.5, 0.6) is 17.2 Å². The van der Waals surface area contributed by atoms with Gasteiger partial charge in [-0.05, 0) is 42.3 Å². The van der Waals surface area contributed by atoms with Crippen molar-refractivity contribution in [1.82, 2.24) is 9.80 Å². The molecule has 9 nitrogen and oxygen atoms in total. The first kappa shape index (κ1) is 30.4. The molecule has 0 aromatic heterocycles. The number of carbonyl (C=O) groups is 2. The molecule has 1 amide bonds. The van der Waals surface area contributed by atoms with Crippen LogP contribution in [-0.4, -0.2) is 95.7 Å². The van der Waals surface area contributed by atoms with E-state index in [1.54, 1.807) is 6.07 Å². The van der Waals surface area contributed by atoms with Gasteiger partial charge in [-0.3, -0.25) is 4.79 Å². The van der Waals surface area contributed by atoms with Crippen molar-refractivity contribution in [2.45, 2.75) is 43.6 Å². The number of hydrogen-bond donors (Lipinski definition) is 2. The van der Waals surface area contributed by atoms with Crippen molar-refractivity contribution in [3.8, 4) is 17.2 Å². The maximum atomic E-state index is 13.2. The van der Waals surface area contributed by atoms with E-state index in [1.807, 2.05) is 12.1 Å². The normalized spacial score (nSPS) is 20.7. The summed E-state index contributed by atoms with van der Waals surface area (Å²) in [6.45, 7) is 2.01. The van der Waals surface area contributed by atoms with Crippen LogP contribution in [0.15, 0.2) is 36.4 Å². The molecule has 228 valence electrons. The van der Waals surface area contributed by atoms with Gasteiger partial charge in [0, 0.05) is 75.6 Å². The summed E-state index contributed by atoms with van der Waals surface area (Å²) in [5.74, 6) is -2.64. The van der Waals surface area contributed by atoms with Crippen LogP contribution in [0.25, 0.3) is 0 Å². The number of aliphatic hydroxyl groups excluding tert-OH is 2. The lowest BCUT2D eigenvalue weighted by Crippen LogP contribution is -2.49. The second-order valence-electron chi connectivity index (χ2n) is 11.1. The molecule has 3 aliphatic rings. The molecule has 13 heteroatoms. The Hall–Kier alpha value is -3.06. The van der Waals surface area contributed by atoms with E-state index in [-0.39, 0.29) is 42.6 Å². The molecule has 0 radical (unpaired) electrons. The molecule has 2 fully saturated rings. The number of β-amino-alcohol motifs (C(OH)–C–C–N with tert-alkyl or cyclic N) is 1. The zero-order valence-corrected chi connectivity index (χ0v) is 23.5. The third-order valence-corrected chi connectivity index (χ3v) is 8.22. The minimum Gasteiger partial charge on any atom is -0.490 e. The van der Waals surface area contributed by atoms with Crippen LogP contribution >= 0.6 is 11.6 Å². The number of fused-ring (bicyclic) bond motifs is 1. The fourth-order valence-electron chi connectivity index (χ4n) is 5.72. The van der Waals surface area contributed by atoms with E-state index < -0.39 is 29.9 Å². The Morgan fingerprint density at radius 1 is 1.14 bits per heavy atom. The molecule has 42 heavy (non-hydrogen) atoms. The number of ether oxygens (including phenoxy) is 3. The van der Waals surface area contributed by atoms with E-state index in [2.05, 4.69) is 9.64 Å². The number of nitrogens with zero attached hydrogens (tertiary/aromatic N) is 2. The Morgan fingerprint density at radius 2 is 1.90 bits per heavy atom. The van der Waals surface area contributed by atoms with Gasteiger partial charge < -0.3 is 34.2 Å². The Bertz CT molecular complexity index is 1320. The standard InChI is InChI=1S/C29H32ClF3N2O7/c30-20-1-4-24-19(11-20)13-28(42-24)6-9-34(10-7-28)15-21(37)17-40-25-12-22(41-27(39)29(31,32)33)2-3-23(25)26(38)35-8-5-18(14-35)16-36/h1-4,11-12,18,21,36-37H,5-10,13-17H2/t18?,21-/m0/s1. The van der Waals surface area contributed by atoms with Crippen molar-refractivity contribution in [3.63, 3.8) is 0 Å². The monoisotopic (exact) mass is 612 g/mol. The maximum Gasteiger partial charge on any atom is 0.491 e. The van der Waals surface area contributed by atoms with Crippen LogP contribution in [0.2, 0.25) is 5.02 Å². The van der Waals surface area contributed by atoms with Crippen molar-refractivity contribution in [1.29, 1.82) is 0 Å². The SMILES string of the molecule is O=C(c1ccc(OC(=O)C(F)(F)F)cc1OC[C@@H](O)CN1CCC2(CC1)Cc1cc(Cl)ccc1O2)N1CCC(CO)C1. The van der Waals surface area contributed by atoms with E-state index in [1.165, 1.54) is 11.0 Å². The van der Waals surface area contributed by atoms with Gasteiger partial charge in [-0.2, -0.15) is 13.2 Å². The van der Waals surface area contributed by atoms with Crippen molar-refractivity contribution in [2.75, 3.05) is 45.9 Å². The molecule has 2 aromatic rings. The number of benzene rings is 2. The summed E-state index contributed by atoms with van der Waals surface area (Å²) in [5, 5.41) is 20.8. The zero-order chi connectivity index (χ0) is 30.1. The average molecular weight is 613 g/mol. The molecule has 5 rings (SSSR count). The van der Waals surface area contributed by atoms with Gasteiger partial charge in [-0.25, -0.2) is 4.79 Å². The molecule has 0 aliphatic carbocycles. The summed E-state index contributed by atoms with van der Waals surface area (Å²) in [5.41, 5.74) is 0.823. The van der Waals surface area contributed by atoms with E-state index in [0.717, 1.165) is 42.7 Å². The number of aliphatic hydroxyl groups is 2. The molecule has 2 aromatic carbocycles. The molecule has 2 saturated heterocycles. The number of alkyl halides is 3. The number of hydrogen-bond acceptors (Lipinski definition) is 8. The predicted octanol–water partition coefficient (Wildman–Crippen LogP) is 3.47. The maximum absolute atomic E-state index is 13.2. The minimum absolute atomic E-state index is 0.0468. The van der Waals surface area contributed by atoms with Crippen LogP contribution in [0, 0.1) is 5.92 Å². The molecule has 1 unspecified atom stereocenters. The van der Waals surface area contributed by atoms with Gasteiger partial charge in [0.1, 0.15) is 35.6 Å². The first-order chi connectivity index (χ1) is 19.9. The zero-order valence-electron chi connectivity index (χ0n) is 22.7. The third kappa shape index (κ3) is 6.94. The fourth-order valence-corrected chi connectivity index (χ4v) is 5.92. The van der Waals surface area contributed by atoms with E-state index in [4.69, 9.17) is 21.1 Å². The third-order valence-electron chi connectivity index (χ3n) is 7.99. The molecular weight excluding hydrogens is 581 g/mol. The number of piperidine rings is 1. The lowest BCUT2D eigenvalue weighted by atomic mass is 9.87. The molecule has 1 spiro atoms. The summed E-state index contributed by atoms with van der Waals surface area (Å²) >= 11 is 6.13. The highest BCUT2D eigenvalue weighted by Gasteiger charge is 2.43. The highest BCUT2D eigenvalue weighted by Crippen LogP contribution is 2.42. The molecule has 0 saturated carbocycles. The van der Waals surface area contributed by atoms with Crippen molar-refractivity contribution in [3.05, 3.63) is 52.5 Å². The smallest absolute Gasteiger partial charge is 0.490 e. The van der Waals surface area contributed by atoms with Gasteiger partial charge in [-0.15, -0.1) is 0 Å². The number of amides is 1. The van der Waals surface area contributed by atoms with Crippen LogP contribution in [0.4, 0.5) is 13.2 Å².